The summed E-state index contributed by atoms with van der Waals surface area (Å²) in [5.74, 6) is 0.678. The number of ether oxygens (including phenoxy) is 2. The standard InChI is InChI=1S/C7H14O2.C6H12O2/c1-6(2)4-5-9-7(3)8;1-5(2)4-8-6(3)7/h6H,4-5H2,1-3H3;5H,4H2,1-3H3. The molecule has 0 aliphatic rings. The van der Waals surface area contributed by atoms with Crippen molar-refractivity contribution in [2.45, 2.75) is 48.0 Å². The number of hydrogen-bond donors (Lipinski definition) is 0. The average Bonchev–Trinajstić information content (AvgIpc) is 2.14. The van der Waals surface area contributed by atoms with Gasteiger partial charge in [0.05, 0.1) is 13.2 Å². The number of hydrogen-bond acceptors (Lipinski definition) is 4. The van der Waals surface area contributed by atoms with Crippen LogP contribution in [0.4, 0.5) is 0 Å². The molecular formula is C13H26O4. The van der Waals surface area contributed by atoms with Crippen LogP contribution in [0.3, 0.4) is 0 Å². The third-order valence-corrected chi connectivity index (χ3v) is 1.62. The Bertz CT molecular complexity index is 209. The molecule has 4 heteroatoms. The third-order valence-electron chi connectivity index (χ3n) is 1.62. The van der Waals surface area contributed by atoms with Crippen LogP contribution < -0.4 is 0 Å². The van der Waals surface area contributed by atoms with Gasteiger partial charge in [-0.2, -0.15) is 0 Å². The summed E-state index contributed by atoms with van der Waals surface area (Å²) in [5.41, 5.74) is 0. The predicted molar refractivity (Wildman–Crippen MR) is 67.6 cm³/mol. The van der Waals surface area contributed by atoms with Crippen LogP contribution in [0.2, 0.25) is 0 Å². The van der Waals surface area contributed by atoms with Crippen LogP contribution in [0.5, 0.6) is 0 Å². The summed E-state index contributed by atoms with van der Waals surface area (Å²) in [6.45, 7) is 12.2. The van der Waals surface area contributed by atoms with Crippen molar-refractivity contribution in [3.63, 3.8) is 0 Å². The second-order valence-corrected chi connectivity index (χ2v) is 4.72. The highest BCUT2D eigenvalue weighted by Gasteiger charge is 1.95. The van der Waals surface area contributed by atoms with Crippen LogP contribution in [-0.2, 0) is 19.1 Å². The van der Waals surface area contributed by atoms with Crippen molar-refractivity contribution < 1.29 is 19.1 Å². The molecule has 0 amide bonds. The molecule has 0 aromatic carbocycles. The smallest absolute Gasteiger partial charge is 0.302 e. The topological polar surface area (TPSA) is 52.6 Å². The maximum Gasteiger partial charge on any atom is 0.302 e. The molecular weight excluding hydrogens is 220 g/mol. The molecule has 0 fully saturated rings. The van der Waals surface area contributed by atoms with Crippen LogP contribution in [0.15, 0.2) is 0 Å². The van der Waals surface area contributed by atoms with Crippen molar-refractivity contribution in [3.05, 3.63) is 0 Å². The Morgan fingerprint density at radius 2 is 1.35 bits per heavy atom. The molecule has 0 saturated heterocycles. The van der Waals surface area contributed by atoms with E-state index in [0.717, 1.165) is 6.42 Å². The zero-order valence-electron chi connectivity index (χ0n) is 11.9. The Balaban J connectivity index is 0. The molecule has 0 atom stereocenters. The summed E-state index contributed by atoms with van der Waals surface area (Å²) in [4.78, 5) is 20.3. The van der Waals surface area contributed by atoms with Crippen LogP contribution in [-0.4, -0.2) is 25.2 Å². The fraction of sp³-hybridized carbons (Fsp3) is 0.846. The summed E-state index contributed by atoms with van der Waals surface area (Å²) in [6, 6.07) is 0. The third kappa shape index (κ3) is 25.3. The quantitative estimate of drug-likeness (QED) is 0.700. The van der Waals surface area contributed by atoms with Crippen LogP contribution in [0.1, 0.15) is 48.0 Å². The molecule has 0 bridgehead atoms. The number of rotatable bonds is 5. The highest BCUT2D eigenvalue weighted by atomic mass is 16.5. The van der Waals surface area contributed by atoms with E-state index in [9.17, 15) is 9.59 Å². The van der Waals surface area contributed by atoms with E-state index in [2.05, 4.69) is 18.6 Å². The van der Waals surface area contributed by atoms with Gasteiger partial charge in [0, 0.05) is 13.8 Å². The second-order valence-electron chi connectivity index (χ2n) is 4.72. The van der Waals surface area contributed by atoms with Crippen molar-refractivity contribution in [2.75, 3.05) is 13.2 Å². The normalized spacial score (nSPS) is 9.65. The van der Waals surface area contributed by atoms with Gasteiger partial charge in [0.15, 0.2) is 0 Å². The first-order valence-electron chi connectivity index (χ1n) is 6.02. The summed E-state index contributed by atoms with van der Waals surface area (Å²) in [7, 11) is 0. The fourth-order valence-corrected chi connectivity index (χ4v) is 0.722. The molecule has 0 aromatic heterocycles. The minimum atomic E-state index is -0.196. The van der Waals surface area contributed by atoms with E-state index in [0.29, 0.717) is 25.0 Å². The van der Waals surface area contributed by atoms with Gasteiger partial charge in [0.2, 0.25) is 0 Å². The number of esters is 2. The van der Waals surface area contributed by atoms with Crippen molar-refractivity contribution in [3.8, 4) is 0 Å². The Hall–Kier alpha value is -1.06. The Morgan fingerprint density at radius 1 is 0.882 bits per heavy atom. The molecule has 4 nitrogen and oxygen atoms in total. The van der Waals surface area contributed by atoms with Gasteiger partial charge >= 0.3 is 11.9 Å². The van der Waals surface area contributed by atoms with E-state index in [4.69, 9.17) is 4.74 Å². The zero-order valence-corrected chi connectivity index (χ0v) is 11.9. The Labute approximate surface area is 105 Å². The van der Waals surface area contributed by atoms with Gasteiger partial charge in [-0.3, -0.25) is 9.59 Å². The molecule has 0 N–H and O–H groups in total. The Morgan fingerprint density at radius 3 is 1.59 bits per heavy atom. The predicted octanol–water partition coefficient (Wildman–Crippen LogP) is 2.80. The molecule has 0 rings (SSSR count). The maximum atomic E-state index is 10.2. The monoisotopic (exact) mass is 246 g/mol. The van der Waals surface area contributed by atoms with Gasteiger partial charge in [-0.1, -0.05) is 27.7 Å². The summed E-state index contributed by atoms with van der Waals surface area (Å²) in [5, 5.41) is 0. The fourth-order valence-electron chi connectivity index (χ4n) is 0.722. The highest BCUT2D eigenvalue weighted by Crippen LogP contribution is 1.98. The molecule has 0 aliphatic carbocycles. The molecule has 0 aliphatic heterocycles. The van der Waals surface area contributed by atoms with Gasteiger partial charge in [-0.15, -0.1) is 0 Å². The number of carbonyl (C=O) groups is 2. The molecule has 0 heterocycles. The first-order chi connectivity index (χ1) is 7.75. The largest absolute Gasteiger partial charge is 0.466 e. The Kier molecular flexibility index (Phi) is 12.3. The zero-order chi connectivity index (χ0) is 13.8. The molecule has 102 valence electrons. The van der Waals surface area contributed by atoms with Crippen LogP contribution >= 0.6 is 0 Å². The second kappa shape index (κ2) is 11.4. The van der Waals surface area contributed by atoms with Gasteiger partial charge in [-0.25, -0.2) is 0 Å². The lowest BCUT2D eigenvalue weighted by atomic mass is 10.1. The number of carbonyl (C=O) groups excluding carboxylic acids is 2. The molecule has 0 unspecified atom stereocenters. The minimum absolute atomic E-state index is 0.185. The summed E-state index contributed by atoms with van der Waals surface area (Å²) < 4.78 is 9.38. The average molecular weight is 246 g/mol. The molecule has 17 heavy (non-hydrogen) atoms. The lowest BCUT2D eigenvalue weighted by Crippen LogP contribution is -2.05. The van der Waals surface area contributed by atoms with Crippen molar-refractivity contribution >= 4 is 11.9 Å². The van der Waals surface area contributed by atoms with E-state index in [1.165, 1.54) is 13.8 Å². The van der Waals surface area contributed by atoms with Gasteiger partial charge in [0.25, 0.3) is 0 Å². The molecule has 0 radical (unpaired) electrons. The SMILES string of the molecule is CC(=O)OCC(C)C.CC(=O)OCCC(C)C. The van der Waals surface area contributed by atoms with Gasteiger partial charge in [-0.05, 0) is 18.3 Å². The van der Waals surface area contributed by atoms with Crippen molar-refractivity contribution in [2.24, 2.45) is 11.8 Å². The molecule has 0 aromatic rings. The van der Waals surface area contributed by atoms with Gasteiger partial charge < -0.3 is 9.47 Å². The highest BCUT2D eigenvalue weighted by molar-refractivity contribution is 5.66. The maximum absolute atomic E-state index is 10.2. The first kappa shape index (κ1) is 18.3. The molecule has 0 saturated carbocycles. The van der Waals surface area contributed by atoms with E-state index in [-0.39, 0.29) is 11.9 Å². The minimum Gasteiger partial charge on any atom is -0.466 e. The summed E-state index contributed by atoms with van der Waals surface area (Å²) in [6.07, 6.45) is 0.958. The van der Waals surface area contributed by atoms with Gasteiger partial charge in [0.1, 0.15) is 0 Å². The molecule has 0 spiro atoms. The van der Waals surface area contributed by atoms with E-state index in [1.54, 1.807) is 0 Å². The first-order valence-corrected chi connectivity index (χ1v) is 6.02. The van der Waals surface area contributed by atoms with Crippen molar-refractivity contribution in [1.29, 1.82) is 0 Å². The van der Waals surface area contributed by atoms with Crippen LogP contribution in [0, 0.1) is 11.8 Å². The van der Waals surface area contributed by atoms with Crippen molar-refractivity contribution in [1.82, 2.24) is 0 Å². The lowest BCUT2D eigenvalue weighted by Gasteiger charge is -2.02. The summed E-state index contributed by atoms with van der Waals surface area (Å²) >= 11 is 0. The van der Waals surface area contributed by atoms with E-state index in [1.807, 2.05) is 13.8 Å². The van der Waals surface area contributed by atoms with Crippen LogP contribution in [0.25, 0.3) is 0 Å². The van der Waals surface area contributed by atoms with E-state index >= 15 is 0 Å². The van der Waals surface area contributed by atoms with E-state index < -0.39 is 0 Å². The lowest BCUT2D eigenvalue weighted by molar-refractivity contribution is -0.142.